The molecule has 0 saturated carbocycles. The predicted octanol–water partition coefficient (Wildman–Crippen LogP) is 3.03. The number of nitrogens with one attached hydrogen (secondary N) is 3. The molecule has 3 amide bonds. The molecule has 0 radical (unpaired) electrons. The first-order valence-corrected chi connectivity index (χ1v) is 13.1. The number of hydrogen-bond donors (Lipinski definition) is 5. The van der Waals surface area contributed by atoms with Gasteiger partial charge in [-0.05, 0) is 36.1 Å². The van der Waals surface area contributed by atoms with E-state index < -0.39 is 34.9 Å². The molecular weight excluding hydrogens is 578 g/mol. The van der Waals surface area contributed by atoms with Gasteiger partial charge in [-0.25, -0.2) is 4.79 Å². The summed E-state index contributed by atoms with van der Waals surface area (Å²) in [5.74, 6) is -1.28. The van der Waals surface area contributed by atoms with Crippen LogP contribution in [-0.2, 0) is 27.4 Å². The van der Waals surface area contributed by atoms with Crippen LogP contribution in [0.1, 0.15) is 24.0 Å². The van der Waals surface area contributed by atoms with Crippen LogP contribution in [0.4, 0.5) is 16.2 Å². The Morgan fingerprint density at radius 2 is 1.44 bits per heavy atom. The number of non-ortho nitro benzene ring substituents is 1. The Balaban J connectivity index is 0.00000645. The number of hydrogen-bond acceptors (Lipinski definition) is 7. The molecule has 0 saturated heterocycles. The van der Waals surface area contributed by atoms with Gasteiger partial charge in [-0.15, -0.1) is 12.4 Å². The van der Waals surface area contributed by atoms with Gasteiger partial charge in [0.05, 0.1) is 4.92 Å². The number of carbonyl (C=O) groups is 3. The van der Waals surface area contributed by atoms with Gasteiger partial charge in [-0.1, -0.05) is 60.7 Å². The first kappa shape index (κ1) is 34.0. The number of nitro benzene ring substituents is 1. The lowest BCUT2D eigenvalue weighted by molar-refractivity contribution is -0.384. The van der Waals surface area contributed by atoms with E-state index in [0.29, 0.717) is 12.1 Å². The number of anilines is 1. The van der Waals surface area contributed by atoms with Gasteiger partial charge in [-0.3, -0.25) is 24.7 Å². The second-order valence-electron chi connectivity index (χ2n) is 9.25. The highest BCUT2D eigenvalue weighted by Crippen LogP contribution is 2.16. The number of ether oxygens (including phenoxy) is 1. The molecular formula is C29H34ClN7O6. The minimum Gasteiger partial charge on any atom is -0.445 e. The van der Waals surface area contributed by atoms with E-state index in [2.05, 4.69) is 20.9 Å². The summed E-state index contributed by atoms with van der Waals surface area (Å²) in [5.41, 5.74) is 12.5. The van der Waals surface area contributed by atoms with Gasteiger partial charge in [0.1, 0.15) is 18.7 Å². The van der Waals surface area contributed by atoms with Gasteiger partial charge in [0, 0.05) is 30.8 Å². The molecule has 2 atom stereocenters. The first-order valence-electron chi connectivity index (χ1n) is 13.1. The van der Waals surface area contributed by atoms with E-state index in [0.717, 1.165) is 11.1 Å². The number of nitro groups is 1. The molecule has 7 N–H and O–H groups in total. The number of rotatable bonds is 14. The third-order valence-electron chi connectivity index (χ3n) is 6.03. The van der Waals surface area contributed by atoms with Gasteiger partial charge < -0.3 is 32.2 Å². The molecule has 14 heteroatoms. The normalized spacial score (nSPS) is 11.5. The Kier molecular flexibility index (Phi) is 13.9. The monoisotopic (exact) mass is 611 g/mol. The fourth-order valence-electron chi connectivity index (χ4n) is 3.91. The largest absolute Gasteiger partial charge is 0.445 e. The number of nitrogens with two attached hydrogens (primary N) is 2. The molecule has 0 aliphatic heterocycles. The summed E-state index contributed by atoms with van der Waals surface area (Å²) in [6.07, 6.45) is -0.142. The van der Waals surface area contributed by atoms with Crippen molar-refractivity contribution in [1.29, 1.82) is 0 Å². The van der Waals surface area contributed by atoms with Crippen molar-refractivity contribution >= 4 is 47.6 Å². The van der Waals surface area contributed by atoms with Crippen molar-refractivity contribution in [3.05, 3.63) is 106 Å². The van der Waals surface area contributed by atoms with Gasteiger partial charge in [0.25, 0.3) is 5.69 Å². The average Bonchev–Trinajstić information content (AvgIpc) is 2.98. The molecule has 13 nitrogen and oxygen atoms in total. The maximum Gasteiger partial charge on any atom is 0.408 e. The zero-order valence-electron chi connectivity index (χ0n) is 23.2. The Hall–Kier alpha value is -5.17. The maximum atomic E-state index is 13.5. The molecule has 2 unspecified atom stereocenters. The molecule has 0 aromatic heterocycles. The lowest BCUT2D eigenvalue weighted by atomic mass is 10.0. The van der Waals surface area contributed by atoms with Crippen LogP contribution in [0.15, 0.2) is 89.9 Å². The summed E-state index contributed by atoms with van der Waals surface area (Å²) in [6, 6.07) is 21.3. The molecule has 228 valence electrons. The van der Waals surface area contributed by atoms with Crippen molar-refractivity contribution in [1.82, 2.24) is 10.6 Å². The van der Waals surface area contributed by atoms with Gasteiger partial charge in [-0.2, -0.15) is 0 Å². The number of aliphatic imine (C=N–C) groups is 1. The molecule has 0 fully saturated rings. The Morgan fingerprint density at radius 1 is 0.837 bits per heavy atom. The third kappa shape index (κ3) is 12.1. The minimum absolute atomic E-state index is 0. The van der Waals surface area contributed by atoms with E-state index in [4.69, 9.17) is 16.2 Å². The van der Waals surface area contributed by atoms with Crippen molar-refractivity contribution in [3.8, 4) is 0 Å². The van der Waals surface area contributed by atoms with E-state index in [9.17, 15) is 24.5 Å². The zero-order chi connectivity index (χ0) is 30.3. The zero-order valence-corrected chi connectivity index (χ0v) is 24.0. The van der Waals surface area contributed by atoms with Crippen LogP contribution in [-0.4, -0.2) is 47.4 Å². The van der Waals surface area contributed by atoms with Gasteiger partial charge in [0.15, 0.2) is 5.96 Å². The lowest BCUT2D eigenvalue weighted by Crippen LogP contribution is -2.53. The maximum absolute atomic E-state index is 13.5. The fraction of sp³-hybridized carbons (Fsp3) is 0.241. The van der Waals surface area contributed by atoms with Crippen LogP contribution in [0, 0.1) is 10.1 Å². The number of halogens is 1. The number of benzene rings is 3. The SMILES string of the molecule is Cl.NC(N)=NCCCC(NC(=O)C(Cc1ccccc1)NC(=O)OCc1ccccc1)C(=O)Nc1ccc([N+](=O)[O-])cc1. The van der Waals surface area contributed by atoms with E-state index in [-0.39, 0.29) is 50.0 Å². The Labute approximate surface area is 254 Å². The smallest absolute Gasteiger partial charge is 0.408 e. The van der Waals surface area contributed by atoms with E-state index in [1.54, 1.807) is 12.1 Å². The standard InChI is InChI=1S/C29H33N7O6.ClH/c30-28(31)32-17-7-12-24(26(37)33-22-13-15-23(16-14-22)36(40)41)34-27(38)25(18-20-8-3-1-4-9-20)35-29(39)42-19-21-10-5-2-6-11-21;/h1-6,8-11,13-16,24-25H,7,12,17-19H2,(H,33,37)(H,34,38)(H,35,39)(H4,30,31,32);1H. The highest BCUT2D eigenvalue weighted by atomic mass is 35.5. The summed E-state index contributed by atoms with van der Waals surface area (Å²) in [7, 11) is 0. The van der Waals surface area contributed by atoms with Crippen molar-refractivity contribution in [2.45, 2.75) is 38.0 Å². The molecule has 3 aromatic carbocycles. The Morgan fingerprint density at radius 3 is 2.02 bits per heavy atom. The highest BCUT2D eigenvalue weighted by molar-refractivity contribution is 5.98. The highest BCUT2D eigenvalue weighted by Gasteiger charge is 2.27. The second kappa shape index (κ2) is 17.6. The van der Waals surface area contributed by atoms with Crippen LogP contribution < -0.4 is 27.4 Å². The molecule has 0 aliphatic rings. The van der Waals surface area contributed by atoms with Crippen molar-refractivity contribution in [2.75, 3.05) is 11.9 Å². The molecule has 0 aliphatic carbocycles. The topological polar surface area (TPSA) is 204 Å². The third-order valence-corrected chi connectivity index (χ3v) is 6.03. The second-order valence-corrected chi connectivity index (χ2v) is 9.25. The molecule has 0 heterocycles. The fourth-order valence-corrected chi connectivity index (χ4v) is 3.91. The first-order chi connectivity index (χ1) is 20.2. The molecule has 0 spiro atoms. The molecule has 43 heavy (non-hydrogen) atoms. The van der Waals surface area contributed by atoms with Crippen LogP contribution in [0.3, 0.4) is 0 Å². The number of amides is 3. The average molecular weight is 612 g/mol. The number of guanidine groups is 1. The van der Waals surface area contributed by atoms with Gasteiger partial charge in [0.2, 0.25) is 11.8 Å². The van der Waals surface area contributed by atoms with Gasteiger partial charge >= 0.3 is 6.09 Å². The van der Waals surface area contributed by atoms with Crippen LogP contribution in [0.2, 0.25) is 0 Å². The number of nitrogens with zero attached hydrogens (tertiary/aromatic N) is 2. The minimum atomic E-state index is -1.07. The quantitative estimate of drug-likeness (QED) is 0.0601. The summed E-state index contributed by atoms with van der Waals surface area (Å²) in [6.45, 7) is 0.231. The van der Waals surface area contributed by atoms with Crippen LogP contribution in [0.5, 0.6) is 0 Å². The van der Waals surface area contributed by atoms with Crippen molar-refractivity contribution < 1.29 is 24.0 Å². The van der Waals surface area contributed by atoms with E-state index in [1.807, 2.05) is 48.5 Å². The predicted molar refractivity (Wildman–Crippen MR) is 165 cm³/mol. The number of carbonyl (C=O) groups excluding carboxylic acids is 3. The van der Waals surface area contributed by atoms with Crippen LogP contribution >= 0.6 is 12.4 Å². The molecule has 0 bridgehead atoms. The Bertz CT molecular complexity index is 1370. The summed E-state index contributed by atoms with van der Waals surface area (Å²) in [4.78, 5) is 53.6. The summed E-state index contributed by atoms with van der Waals surface area (Å²) < 4.78 is 5.31. The molecule has 3 rings (SSSR count). The lowest BCUT2D eigenvalue weighted by Gasteiger charge is -2.23. The molecule has 3 aromatic rings. The van der Waals surface area contributed by atoms with Crippen molar-refractivity contribution in [3.63, 3.8) is 0 Å². The number of alkyl carbamates (subject to hydrolysis) is 1. The van der Waals surface area contributed by atoms with E-state index >= 15 is 0 Å². The van der Waals surface area contributed by atoms with Crippen molar-refractivity contribution in [2.24, 2.45) is 16.5 Å². The van der Waals surface area contributed by atoms with E-state index in [1.165, 1.54) is 24.3 Å². The summed E-state index contributed by atoms with van der Waals surface area (Å²) in [5, 5.41) is 18.9. The van der Waals surface area contributed by atoms with Crippen LogP contribution in [0.25, 0.3) is 0 Å². The summed E-state index contributed by atoms with van der Waals surface area (Å²) >= 11 is 0.